The molecule has 0 unspecified atom stereocenters. The molecule has 0 spiro atoms. The largest absolute Gasteiger partial charge is 0.508 e. The van der Waals surface area contributed by atoms with Crippen LogP contribution < -0.4 is 16.0 Å². The van der Waals surface area contributed by atoms with Crippen molar-refractivity contribution in [3.8, 4) is 5.75 Å². The van der Waals surface area contributed by atoms with E-state index in [0.29, 0.717) is 24.9 Å². The Labute approximate surface area is 200 Å². The molecule has 180 valence electrons. The number of aromatic nitrogens is 2. The molecule has 0 saturated heterocycles. The Balaban J connectivity index is 1.28. The Hall–Kier alpha value is -3.16. The van der Waals surface area contributed by atoms with Crippen LogP contribution in [0.4, 0.5) is 10.7 Å². The third kappa shape index (κ3) is 5.32. The average molecular weight is 463 g/mol. The molecule has 0 atom stereocenters. The van der Waals surface area contributed by atoms with Gasteiger partial charge in [0.05, 0.1) is 0 Å². The standard InChI is InChI=1S/C26H34N6O2/c1-16-9-17(2)29-24(28-16)30-23(27-8-7-18-3-5-22(33)6-4-18)31-25(34)32-26-13-19-10-20(14-26)12-21(11-19)15-26/h3-6,9,19-21,33H,7-8,10-15H2,1-2H3,(H3,27,28,29,30,31,32,34). The molecule has 1 aromatic carbocycles. The number of aromatic hydroxyl groups is 1. The molecule has 4 aliphatic carbocycles. The van der Waals surface area contributed by atoms with Gasteiger partial charge in [0.1, 0.15) is 5.75 Å². The Morgan fingerprint density at radius 2 is 1.62 bits per heavy atom. The molecule has 0 radical (unpaired) electrons. The molecule has 1 heterocycles. The van der Waals surface area contributed by atoms with Crippen LogP contribution in [0.25, 0.3) is 0 Å². The lowest BCUT2D eigenvalue weighted by Crippen LogP contribution is -2.62. The molecule has 4 aliphatic rings. The smallest absolute Gasteiger partial charge is 0.321 e. The third-order valence-corrected chi connectivity index (χ3v) is 7.47. The van der Waals surface area contributed by atoms with Gasteiger partial charge in [-0.1, -0.05) is 12.1 Å². The number of phenols is 1. The molecule has 4 bridgehead atoms. The van der Waals surface area contributed by atoms with Crippen LogP contribution in [-0.4, -0.2) is 39.1 Å². The number of aryl methyl sites for hydroxylation is 2. The zero-order chi connectivity index (χ0) is 23.7. The van der Waals surface area contributed by atoms with Crippen molar-refractivity contribution in [3.63, 3.8) is 0 Å². The van der Waals surface area contributed by atoms with Gasteiger partial charge >= 0.3 is 6.03 Å². The number of carbonyl (C=O) groups is 1. The van der Waals surface area contributed by atoms with Crippen LogP contribution in [0.1, 0.15) is 55.5 Å². The molecule has 4 saturated carbocycles. The number of hydrogen-bond acceptors (Lipinski definition) is 5. The van der Waals surface area contributed by atoms with Gasteiger partial charge in [-0.3, -0.25) is 15.6 Å². The second kappa shape index (κ2) is 9.24. The Bertz CT molecular complexity index is 1030. The first-order valence-electron chi connectivity index (χ1n) is 12.3. The van der Waals surface area contributed by atoms with Gasteiger partial charge in [-0.15, -0.1) is 0 Å². The summed E-state index contributed by atoms with van der Waals surface area (Å²) in [4.78, 5) is 26.6. The van der Waals surface area contributed by atoms with Crippen LogP contribution >= 0.6 is 0 Å². The highest BCUT2D eigenvalue weighted by Crippen LogP contribution is 2.55. The number of carbonyl (C=O) groups excluding carboxylic acids is 1. The second-order valence-electron chi connectivity index (χ2n) is 10.5. The molecule has 34 heavy (non-hydrogen) atoms. The van der Waals surface area contributed by atoms with Gasteiger partial charge < -0.3 is 10.4 Å². The van der Waals surface area contributed by atoms with E-state index < -0.39 is 0 Å². The maximum atomic E-state index is 13.1. The van der Waals surface area contributed by atoms with Crippen molar-refractivity contribution in [1.29, 1.82) is 0 Å². The number of nitrogens with zero attached hydrogens (tertiary/aromatic N) is 3. The molecular formula is C26H34N6O2. The van der Waals surface area contributed by atoms with Crippen molar-refractivity contribution in [2.24, 2.45) is 22.7 Å². The van der Waals surface area contributed by atoms with E-state index in [1.165, 1.54) is 19.3 Å². The first kappa shape index (κ1) is 22.6. The molecule has 2 aromatic rings. The summed E-state index contributed by atoms with van der Waals surface area (Å²) in [5.74, 6) is 3.26. The lowest BCUT2D eigenvalue weighted by atomic mass is 9.53. The van der Waals surface area contributed by atoms with E-state index in [2.05, 4.69) is 30.9 Å². The normalized spacial score (nSPS) is 27.5. The van der Waals surface area contributed by atoms with Crippen molar-refractivity contribution in [2.75, 3.05) is 11.9 Å². The van der Waals surface area contributed by atoms with Gasteiger partial charge in [0.15, 0.2) is 0 Å². The minimum absolute atomic E-state index is 0.0770. The number of guanidine groups is 1. The first-order chi connectivity index (χ1) is 16.3. The summed E-state index contributed by atoms with van der Waals surface area (Å²) in [6.07, 6.45) is 7.94. The fourth-order valence-electron chi connectivity index (χ4n) is 6.60. The highest BCUT2D eigenvalue weighted by atomic mass is 16.3. The van der Waals surface area contributed by atoms with Crippen LogP contribution in [0.5, 0.6) is 5.75 Å². The number of rotatable bonds is 5. The number of amides is 2. The molecular weight excluding hydrogens is 428 g/mol. The topological polar surface area (TPSA) is 112 Å². The minimum Gasteiger partial charge on any atom is -0.508 e. The van der Waals surface area contributed by atoms with Gasteiger partial charge in [-0.05, 0) is 100 Å². The molecule has 6 rings (SSSR count). The molecule has 1 aromatic heterocycles. The van der Waals surface area contributed by atoms with Gasteiger partial charge in [-0.2, -0.15) is 0 Å². The Morgan fingerprint density at radius 3 is 2.21 bits per heavy atom. The fraction of sp³-hybridized carbons (Fsp3) is 0.538. The maximum Gasteiger partial charge on any atom is 0.321 e. The van der Waals surface area contributed by atoms with Crippen LogP contribution in [0.2, 0.25) is 0 Å². The molecule has 8 nitrogen and oxygen atoms in total. The highest BCUT2D eigenvalue weighted by Gasteiger charge is 2.51. The highest BCUT2D eigenvalue weighted by molar-refractivity contribution is 6.03. The summed E-state index contributed by atoms with van der Waals surface area (Å²) in [5.41, 5.74) is 2.67. The SMILES string of the molecule is Cc1cc(C)nc(NC(=NCCc2ccc(O)cc2)NC(=O)NC23CC4CC(CC(C4)C2)C3)n1. The van der Waals surface area contributed by atoms with E-state index >= 15 is 0 Å². The van der Waals surface area contributed by atoms with Crippen LogP contribution in [-0.2, 0) is 6.42 Å². The van der Waals surface area contributed by atoms with Gasteiger partial charge in [0.2, 0.25) is 11.9 Å². The van der Waals surface area contributed by atoms with Gasteiger partial charge in [0.25, 0.3) is 0 Å². The summed E-state index contributed by atoms with van der Waals surface area (Å²) in [6.45, 7) is 4.29. The number of nitrogens with one attached hydrogen (secondary N) is 3. The predicted molar refractivity (Wildman–Crippen MR) is 132 cm³/mol. The van der Waals surface area contributed by atoms with Crippen molar-refractivity contribution in [1.82, 2.24) is 20.6 Å². The summed E-state index contributed by atoms with van der Waals surface area (Å²) >= 11 is 0. The number of phenolic OH excluding ortho intramolecular Hbond substituents is 1. The summed E-state index contributed by atoms with van der Waals surface area (Å²) < 4.78 is 0. The minimum atomic E-state index is -0.220. The predicted octanol–water partition coefficient (Wildman–Crippen LogP) is 4.08. The van der Waals surface area contributed by atoms with E-state index in [0.717, 1.165) is 54.0 Å². The summed E-state index contributed by atoms with van der Waals surface area (Å²) in [6, 6.07) is 8.76. The monoisotopic (exact) mass is 462 g/mol. The average Bonchev–Trinajstić information content (AvgIpc) is 2.73. The maximum absolute atomic E-state index is 13.1. The summed E-state index contributed by atoms with van der Waals surface area (Å²) in [5, 5.41) is 18.9. The molecule has 4 N–H and O–H groups in total. The van der Waals surface area contributed by atoms with Crippen LogP contribution in [0.3, 0.4) is 0 Å². The summed E-state index contributed by atoms with van der Waals surface area (Å²) in [7, 11) is 0. The van der Waals surface area contributed by atoms with E-state index in [1.807, 2.05) is 32.0 Å². The van der Waals surface area contributed by atoms with E-state index in [4.69, 9.17) is 0 Å². The lowest BCUT2D eigenvalue weighted by molar-refractivity contribution is -0.0132. The van der Waals surface area contributed by atoms with Crippen molar-refractivity contribution in [2.45, 2.75) is 64.3 Å². The van der Waals surface area contributed by atoms with Gasteiger partial charge in [0, 0.05) is 23.5 Å². The van der Waals surface area contributed by atoms with Crippen molar-refractivity contribution < 1.29 is 9.90 Å². The number of aliphatic imine (C=N–C) groups is 1. The van der Waals surface area contributed by atoms with Crippen molar-refractivity contribution >= 4 is 17.9 Å². The van der Waals surface area contributed by atoms with E-state index in [-0.39, 0.29) is 17.3 Å². The number of urea groups is 1. The first-order valence-corrected chi connectivity index (χ1v) is 12.3. The molecule has 0 aliphatic heterocycles. The van der Waals surface area contributed by atoms with Crippen LogP contribution in [0, 0.1) is 31.6 Å². The third-order valence-electron chi connectivity index (χ3n) is 7.47. The van der Waals surface area contributed by atoms with Crippen LogP contribution in [0.15, 0.2) is 35.3 Å². The lowest BCUT2D eigenvalue weighted by Gasteiger charge is -2.56. The Morgan fingerprint density at radius 1 is 1.03 bits per heavy atom. The van der Waals surface area contributed by atoms with Gasteiger partial charge in [-0.25, -0.2) is 14.8 Å². The fourth-order valence-corrected chi connectivity index (χ4v) is 6.60. The zero-order valence-corrected chi connectivity index (χ0v) is 20.0. The number of benzene rings is 1. The van der Waals surface area contributed by atoms with Crippen molar-refractivity contribution in [3.05, 3.63) is 47.3 Å². The Kier molecular flexibility index (Phi) is 6.15. The zero-order valence-electron chi connectivity index (χ0n) is 20.0. The molecule has 2 amide bonds. The second-order valence-corrected chi connectivity index (χ2v) is 10.5. The van der Waals surface area contributed by atoms with E-state index in [9.17, 15) is 9.90 Å². The molecule has 8 heteroatoms. The number of hydrogen-bond donors (Lipinski definition) is 4. The number of anilines is 1. The van der Waals surface area contributed by atoms with E-state index in [1.54, 1.807) is 12.1 Å². The quantitative estimate of drug-likeness (QED) is 0.395. The molecule has 4 fully saturated rings.